The Morgan fingerprint density at radius 3 is 2.41 bits per heavy atom. The van der Waals surface area contributed by atoms with Crippen LogP contribution in [0.3, 0.4) is 0 Å². The molecule has 0 aromatic rings. The predicted octanol–water partition coefficient (Wildman–Crippen LogP) is 3.23. The van der Waals surface area contributed by atoms with Gasteiger partial charge >= 0.3 is 6.09 Å². The first-order chi connectivity index (χ1) is 10.3. The lowest BCUT2D eigenvalue weighted by Crippen LogP contribution is -2.53. The molecule has 0 spiro atoms. The van der Waals surface area contributed by atoms with Crippen LogP contribution in [0.25, 0.3) is 0 Å². The van der Waals surface area contributed by atoms with Crippen LogP contribution in [0.15, 0.2) is 0 Å². The molecule has 1 aliphatic carbocycles. The fourth-order valence-corrected chi connectivity index (χ4v) is 2.85. The molecule has 0 aliphatic heterocycles. The Morgan fingerprint density at radius 2 is 1.82 bits per heavy atom. The average Bonchev–Trinajstić information content (AvgIpc) is 2.60. The van der Waals surface area contributed by atoms with Gasteiger partial charge in [-0.1, -0.05) is 19.3 Å². The smallest absolute Gasteiger partial charge is 0.407 e. The molecule has 1 saturated carbocycles. The van der Waals surface area contributed by atoms with Crippen LogP contribution < -0.4 is 10.6 Å². The molecule has 130 valence electrons. The molecule has 1 fully saturated rings. The van der Waals surface area contributed by atoms with Crippen molar-refractivity contribution < 1.29 is 14.3 Å². The maximum absolute atomic E-state index is 12.1. The van der Waals surface area contributed by atoms with Gasteiger partial charge in [-0.3, -0.25) is 0 Å². The van der Waals surface area contributed by atoms with E-state index in [-0.39, 0.29) is 24.2 Å². The van der Waals surface area contributed by atoms with E-state index in [9.17, 15) is 4.79 Å². The number of hydrogen-bond donors (Lipinski definition) is 2. The average molecular weight is 314 g/mol. The summed E-state index contributed by atoms with van der Waals surface area (Å²) in [6.45, 7) is 11.2. The molecule has 1 aliphatic rings. The zero-order valence-electron chi connectivity index (χ0n) is 14.9. The van der Waals surface area contributed by atoms with Crippen molar-refractivity contribution in [1.29, 1.82) is 0 Å². The van der Waals surface area contributed by atoms with Crippen LogP contribution in [0.2, 0.25) is 0 Å². The second kappa shape index (κ2) is 9.36. The molecule has 3 atom stereocenters. The second-order valence-electron chi connectivity index (χ2n) is 7.22. The summed E-state index contributed by atoms with van der Waals surface area (Å²) in [5, 5.41) is 6.68. The molecular weight excluding hydrogens is 280 g/mol. The SMILES string of the molecule is CCOCC(C)NC1CCCCCC1NC(=O)OC(C)(C)C. The summed E-state index contributed by atoms with van der Waals surface area (Å²) in [6, 6.07) is 0.692. The van der Waals surface area contributed by atoms with Crippen LogP contribution in [0.5, 0.6) is 0 Å². The van der Waals surface area contributed by atoms with Crippen molar-refractivity contribution in [3.8, 4) is 0 Å². The molecule has 0 bridgehead atoms. The minimum atomic E-state index is -0.458. The monoisotopic (exact) mass is 314 g/mol. The molecule has 0 aromatic carbocycles. The van der Waals surface area contributed by atoms with Gasteiger partial charge in [-0.15, -0.1) is 0 Å². The Balaban J connectivity index is 2.56. The highest BCUT2D eigenvalue weighted by Gasteiger charge is 2.28. The van der Waals surface area contributed by atoms with Crippen molar-refractivity contribution in [3.63, 3.8) is 0 Å². The van der Waals surface area contributed by atoms with E-state index in [1.54, 1.807) is 0 Å². The van der Waals surface area contributed by atoms with Gasteiger partial charge in [0.1, 0.15) is 5.60 Å². The third-order valence-electron chi connectivity index (χ3n) is 3.79. The number of alkyl carbamates (subject to hydrolysis) is 1. The van der Waals surface area contributed by atoms with Gasteiger partial charge in [-0.05, 0) is 47.5 Å². The van der Waals surface area contributed by atoms with Gasteiger partial charge in [-0.2, -0.15) is 0 Å². The fraction of sp³-hybridized carbons (Fsp3) is 0.941. The number of carbonyl (C=O) groups excluding carboxylic acids is 1. The third kappa shape index (κ3) is 7.99. The van der Waals surface area contributed by atoms with Crippen molar-refractivity contribution in [2.75, 3.05) is 13.2 Å². The summed E-state index contributed by atoms with van der Waals surface area (Å²) in [5.74, 6) is 0. The van der Waals surface area contributed by atoms with Gasteiger partial charge in [0, 0.05) is 24.7 Å². The van der Waals surface area contributed by atoms with Gasteiger partial charge in [0.05, 0.1) is 6.61 Å². The lowest BCUT2D eigenvalue weighted by Gasteiger charge is -2.31. The standard InChI is InChI=1S/C17H34N2O3/c1-6-21-12-13(2)18-14-10-8-7-9-11-15(14)19-16(20)22-17(3,4)5/h13-15,18H,6-12H2,1-5H3,(H,19,20). The zero-order valence-corrected chi connectivity index (χ0v) is 14.9. The molecule has 0 heterocycles. The van der Waals surface area contributed by atoms with E-state index in [0.717, 1.165) is 25.9 Å². The van der Waals surface area contributed by atoms with Crippen LogP contribution in [-0.2, 0) is 9.47 Å². The predicted molar refractivity (Wildman–Crippen MR) is 89.1 cm³/mol. The number of hydrogen-bond acceptors (Lipinski definition) is 4. The molecule has 5 nitrogen and oxygen atoms in total. The van der Waals surface area contributed by atoms with E-state index in [1.165, 1.54) is 12.8 Å². The van der Waals surface area contributed by atoms with E-state index in [1.807, 2.05) is 27.7 Å². The first-order valence-electron chi connectivity index (χ1n) is 8.65. The number of amides is 1. The molecule has 1 amide bonds. The molecule has 2 N–H and O–H groups in total. The quantitative estimate of drug-likeness (QED) is 0.739. The molecule has 0 saturated heterocycles. The normalized spacial score (nSPS) is 24.4. The van der Waals surface area contributed by atoms with Gasteiger partial charge in [0.2, 0.25) is 0 Å². The lowest BCUT2D eigenvalue weighted by atomic mass is 10.0. The zero-order chi connectivity index (χ0) is 16.6. The highest BCUT2D eigenvalue weighted by molar-refractivity contribution is 5.68. The van der Waals surface area contributed by atoms with Gasteiger partial charge in [0.25, 0.3) is 0 Å². The van der Waals surface area contributed by atoms with Crippen molar-refractivity contribution in [1.82, 2.24) is 10.6 Å². The Hall–Kier alpha value is -0.810. The Kier molecular flexibility index (Phi) is 8.18. The molecular formula is C17H34N2O3. The van der Waals surface area contributed by atoms with E-state index < -0.39 is 5.60 Å². The van der Waals surface area contributed by atoms with Crippen molar-refractivity contribution in [2.24, 2.45) is 0 Å². The minimum Gasteiger partial charge on any atom is -0.444 e. The highest BCUT2D eigenvalue weighted by Crippen LogP contribution is 2.19. The van der Waals surface area contributed by atoms with Crippen molar-refractivity contribution >= 4 is 6.09 Å². The summed E-state index contributed by atoms with van der Waals surface area (Å²) in [6.07, 6.45) is 5.34. The molecule has 3 unspecified atom stereocenters. The minimum absolute atomic E-state index is 0.126. The lowest BCUT2D eigenvalue weighted by molar-refractivity contribution is 0.0484. The Bertz CT molecular complexity index is 328. The van der Waals surface area contributed by atoms with Crippen LogP contribution >= 0.6 is 0 Å². The number of ether oxygens (including phenoxy) is 2. The number of carbonyl (C=O) groups is 1. The van der Waals surface area contributed by atoms with Gasteiger partial charge < -0.3 is 20.1 Å². The number of rotatable bonds is 6. The molecule has 0 radical (unpaired) electrons. The van der Waals surface area contributed by atoms with Crippen LogP contribution in [-0.4, -0.2) is 43.0 Å². The second-order valence-corrected chi connectivity index (χ2v) is 7.22. The third-order valence-corrected chi connectivity index (χ3v) is 3.79. The Morgan fingerprint density at radius 1 is 1.18 bits per heavy atom. The maximum Gasteiger partial charge on any atom is 0.407 e. The fourth-order valence-electron chi connectivity index (χ4n) is 2.85. The summed E-state index contributed by atoms with van der Waals surface area (Å²) >= 11 is 0. The van der Waals surface area contributed by atoms with E-state index >= 15 is 0 Å². The first-order valence-corrected chi connectivity index (χ1v) is 8.65. The van der Waals surface area contributed by atoms with Crippen LogP contribution in [0.4, 0.5) is 4.79 Å². The highest BCUT2D eigenvalue weighted by atomic mass is 16.6. The van der Waals surface area contributed by atoms with E-state index in [4.69, 9.17) is 9.47 Å². The topological polar surface area (TPSA) is 59.6 Å². The summed E-state index contributed by atoms with van der Waals surface area (Å²) < 4.78 is 10.9. The molecule has 5 heteroatoms. The van der Waals surface area contributed by atoms with Crippen LogP contribution in [0, 0.1) is 0 Å². The largest absolute Gasteiger partial charge is 0.444 e. The Labute approximate surface area is 135 Å². The van der Waals surface area contributed by atoms with Gasteiger partial charge in [-0.25, -0.2) is 4.79 Å². The number of nitrogens with one attached hydrogen (secondary N) is 2. The van der Waals surface area contributed by atoms with Gasteiger partial charge in [0.15, 0.2) is 0 Å². The first kappa shape index (κ1) is 19.2. The molecule has 1 rings (SSSR count). The maximum atomic E-state index is 12.1. The summed E-state index contributed by atoms with van der Waals surface area (Å²) in [7, 11) is 0. The molecule has 0 aromatic heterocycles. The summed E-state index contributed by atoms with van der Waals surface area (Å²) in [5.41, 5.74) is -0.458. The summed E-state index contributed by atoms with van der Waals surface area (Å²) in [4.78, 5) is 12.1. The van der Waals surface area contributed by atoms with Crippen molar-refractivity contribution in [2.45, 2.75) is 90.4 Å². The van der Waals surface area contributed by atoms with Crippen LogP contribution in [0.1, 0.15) is 66.7 Å². The van der Waals surface area contributed by atoms with Crippen molar-refractivity contribution in [3.05, 3.63) is 0 Å². The molecule has 22 heavy (non-hydrogen) atoms. The van der Waals surface area contributed by atoms with E-state index in [0.29, 0.717) is 6.61 Å². The van der Waals surface area contributed by atoms with E-state index in [2.05, 4.69) is 17.6 Å².